The average Bonchev–Trinajstić information content (AvgIpc) is 2.88. The molecule has 1 unspecified atom stereocenters. The number of aliphatic hydroxyl groups is 1. The summed E-state index contributed by atoms with van der Waals surface area (Å²) in [5, 5.41) is 10.5. The molecule has 2 nitrogen and oxygen atoms in total. The number of nitrogens with zero attached hydrogens (tertiary/aromatic N) is 1. The minimum absolute atomic E-state index is 0.0927. The molecule has 2 fully saturated rings. The lowest BCUT2D eigenvalue weighted by molar-refractivity contribution is -0.0170. The largest absolute Gasteiger partial charge is 0.391 e. The van der Waals surface area contributed by atoms with E-state index >= 15 is 0 Å². The number of hydrogen-bond acceptors (Lipinski definition) is 2. The van der Waals surface area contributed by atoms with E-state index in [1.165, 1.54) is 51.6 Å². The maximum absolute atomic E-state index is 10.5. The lowest BCUT2D eigenvalue weighted by atomic mass is 9.85. The Hall–Kier alpha value is -0.340. The van der Waals surface area contributed by atoms with E-state index < -0.39 is 0 Å². The summed E-state index contributed by atoms with van der Waals surface area (Å²) in [6.07, 6.45) is 8.11. The Labute approximate surface area is 99.3 Å². The molecule has 2 rings (SSSR count). The van der Waals surface area contributed by atoms with Crippen LogP contribution in [-0.4, -0.2) is 34.7 Å². The van der Waals surface area contributed by atoms with Crippen LogP contribution in [0.4, 0.5) is 0 Å². The van der Waals surface area contributed by atoms with Crippen molar-refractivity contribution in [2.45, 2.75) is 63.5 Å². The van der Waals surface area contributed by atoms with E-state index in [4.69, 9.17) is 0 Å². The molecule has 1 N–H and O–H groups in total. The van der Waals surface area contributed by atoms with Crippen LogP contribution in [0.25, 0.3) is 0 Å². The number of rotatable bonds is 4. The van der Waals surface area contributed by atoms with Gasteiger partial charge in [-0.1, -0.05) is 18.4 Å². The summed E-state index contributed by atoms with van der Waals surface area (Å²) in [6, 6.07) is 0. The van der Waals surface area contributed by atoms with E-state index in [9.17, 15) is 5.11 Å². The van der Waals surface area contributed by atoms with E-state index in [0.29, 0.717) is 0 Å². The second-order valence-corrected chi connectivity index (χ2v) is 5.68. The van der Waals surface area contributed by atoms with Crippen LogP contribution in [0.15, 0.2) is 12.2 Å². The van der Waals surface area contributed by atoms with Gasteiger partial charge in [-0.25, -0.2) is 0 Å². The van der Waals surface area contributed by atoms with Crippen molar-refractivity contribution in [1.29, 1.82) is 0 Å². The van der Waals surface area contributed by atoms with Crippen LogP contribution in [0.1, 0.15) is 51.9 Å². The highest BCUT2D eigenvalue weighted by molar-refractivity contribution is 5.06. The molecular weight excluding hydrogens is 198 g/mol. The monoisotopic (exact) mass is 223 g/mol. The van der Waals surface area contributed by atoms with Gasteiger partial charge >= 0.3 is 0 Å². The molecule has 16 heavy (non-hydrogen) atoms. The number of likely N-dealkylation sites (tertiary alicyclic amines) is 1. The normalized spacial score (nSPS) is 27.1. The Bertz CT molecular complexity index is 249. The third-order valence-corrected chi connectivity index (χ3v) is 4.37. The molecule has 2 aliphatic rings. The Morgan fingerprint density at radius 1 is 1.25 bits per heavy atom. The summed E-state index contributed by atoms with van der Waals surface area (Å²) in [6.45, 7) is 8.34. The van der Waals surface area contributed by atoms with E-state index in [0.717, 1.165) is 12.0 Å². The lowest BCUT2D eigenvalue weighted by Gasteiger charge is -2.43. The first-order chi connectivity index (χ1) is 7.65. The van der Waals surface area contributed by atoms with Gasteiger partial charge in [-0.05, 0) is 52.1 Å². The fraction of sp³-hybridized carbons (Fsp3) is 0.857. The molecule has 1 aliphatic carbocycles. The topological polar surface area (TPSA) is 23.5 Å². The van der Waals surface area contributed by atoms with Gasteiger partial charge in [-0.15, -0.1) is 6.58 Å². The Balaban J connectivity index is 2.10. The van der Waals surface area contributed by atoms with Crippen LogP contribution >= 0.6 is 0 Å². The lowest BCUT2D eigenvalue weighted by Crippen LogP contribution is -2.53. The van der Waals surface area contributed by atoms with Crippen LogP contribution in [0.3, 0.4) is 0 Å². The molecule has 92 valence electrons. The predicted molar refractivity (Wildman–Crippen MR) is 67.4 cm³/mol. The summed E-state index contributed by atoms with van der Waals surface area (Å²) < 4.78 is 0. The van der Waals surface area contributed by atoms with Gasteiger partial charge in [0.2, 0.25) is 0 Å². The Morgan fingerprint density at radius 3 is 2.31 bits per heavy atom. The molecule has 1 saturated carbocycles. The van der Waals surface area contributed by atoms with E-state index in [1.807, 2.05) is 6.92 Å². The Kier molecular flexibility index (Phi) is 3.70. The fourth-order valence-corrected chi connectivity index (χ4v) is 3.53. The summed E-state index contributed by atoms with van der Waals surface area (Å²) in [4.78, 5) is 2.56. The van der Waals surface area contributed by atoms with Gasteiger partial charge in [0.05, 0.1) is 6.10 Å². The van der Waals surface area contributed by atoms with Gasteiger partial charge in [-0.2, -0.15) is 0 Å². The van der Waals surface area contributed by atoms with Crippen molar-refractivity contribution < 1.29 is 5.11 Å². The molecule has 0 aromatic heterocycles. The van der Waals surface area contributed by atoms with Gasteiger partial charge in [0.1, 0.15) is 0 Å². The Morgan fingerprint density at radius 2 is 1.81 bits per heavy atom. The first kappa shape index (κ1) is 12.1. The van der Waals surface area contributed by atoms with Crippen molar-refractivity contribution >= 4 is 0 Å². The van der Waals surface area contributed by atoms with Crippen molar-refractivity contribution in [3.63, 3.8) is 0 Å². The molecule has 0 aromatic carbocycles. The second kappa shape index (κ2) is 4.89. The summed E-state index contributed by atoms with van der Waals surface area (Å²) in [5.41, 5.74) is 1.20. The number of aliphatic hydroxyl groups excluding tert-OH is 1. The number of hydrogen-bond donors (Lipinski definition) is 1. The summed E-state index contributed by atoms with van der Waals surface area (Å²) in [5.74, 6) is 0. The first-order valence-corrected chi connectivity index (χ1v) is 6.73. The van der Waals surface area contributed by atoms with Crippen LogP contribution in [0.5, 0.6) is 0 Å². The quantitative estimate of drug-likeness (QED) is 0.741. The molecule has 1 saturated heterocycles. The van der Waals surface area contributed by atoms with Gasteiger partial charge in [0.15, 0.2) is 0 Å². The van der Waals surface area contributed by atoms with Crippen molar-refractivity contribution in [1.82, 2.24) is 4.90 Å². The fourth-order valence-electron chi connectivity index (χ4n) is 3.53. The third kappa shape index (κ3) is 2.18. The molecule has 0 amide bonds. The highest BCUT2D eigenvalue weighted by atomic mass is 16.3. The molecule has 2 heteroatoms. The maximum atomic E-state index is 10.5. The van der Waals surface area contributed by atoms with Gasteiger partial charge in [0, 0.05) is 5.54 Å². The zero-order valence-electron chi connectivity index (χ0n) is 10.5. The average molecular weight is 223 g/mol. The zero-order chi connectivity index (χ0) is 11.6. The van der Waals surface area contributed by atoms with Gasteiger partial charge in [0.25, 0.3) is 0 Å². The molecule has 0 radical (unpaired) electrons. The third-order valence-electron chi connectivity index (χ3n) is 4.37. The van der Waals surface area contributed by atoms with Crippen LogP contribution in [0.2, 0.25) is 0 Å². The SMILES string of the molecule is C=C(C)CC(O)C1(N2CCCC2)CCCC1. The van der Waals surface area contributed by atoms with Crippen molar-refractivity contribution in [2.24, 2.45) is 0 Å². The maximum Gasteiger partial charge on any atom is 0.0760 e. The zero-order valence-corrected chi connectivity index (χ0v) is 10.5. The van der Waals surface area contributed by atoms with E-state index in [-0.39, 0.29) is 11.6 Å². The van der Waals surface area contributed by atoms with E-state index in [1.54, 1.807) is 0 Å². The molecule has 0 bridgehead atoms. The van der Waals surface area contributed by atoms with Gasteiger partial charge < -0.3 is 5.11 Å². The van der Waals surface area contributed by atoms with Crippen molar-refractivity contribution in [3.05, 3.63) is 12.2 Å². The highest BCUT2D eigenvalue weighted by Crippen LogP contribution is 2.41. The van der Waals surface area contributed by atoms with E-state index in [2.05, 4.69) is 11.5 Å². The molecule has 1 heterocycles. The molecule has 1 aliphatic heterocycles. The van der Waals surface area contributed by atoms with Crippen LogP contribution in [-0.2, 0) is 0 Å². The van der Waals surface area contributed by atoms with Crippen molar-refractivity contribution in [3.8, 4) is 0 Å². The minimum Gasteiger partial charge on any atom is -0.391 e. The molecule has 0 spiro atoms. The summed E-state index contributed by atoms with van der Waals surface area (Å²) >= 11 is 0. The molecule has 1 atom stereocenters. The van der Waals surface area contributed by atoms with Crippen LogP contribution < -0.4 is 0 Å². The smallest absolute Gasteiger partial charge is 0.0760 e. The van der Waals surface area contributed by atoms with Gasteiger partial charge in [-0.3, -0.25) is 4.90 Å². The summed E-state index contributed by atoms with van der Waals surface area (Å²) in [7, 11) is 0. The standard InChI is InChI=1S/C14H25NO/c1-12(2)11-13(16)14(7-3-4-8-14)15-9-5-6-10-15/h13,16H,1,3-11H2,2H3. The second-order valence-electron chi connectivity index (χ2n) is 5.68. The van der Waals surface area contributed by atoms with Crippen molar-refractivity contribution in [2.75, 3.05) is 13.1 Å². The minimum atomic E-state index is -0.203. The molecular formula is C14H25NO. The predicted octanol–water partition coefficient (Wildman–Crippen LogP) is 2.72. The highest BCUT2D eigenvalue weighted by Gasteiger charge is 2.45. The molecule has 0 aromatic rings. The van der Waals surface area contributed by atoms with Crippen LogP contribution in [0, 0.1) is 0 Å². The first-order valence-electron chi connectivity index (χ1n) is 6.73.